The molecule has 7 nitrogen and oxygen atoms in total. The number of nitrogens with zero attached hydrogens (tertiary/aromatic N) is 3. The van der Waals surface area contributed by atoms with Gasteiger partial charge in [0.25, 0.3) is 5.91 Å². The van der Waals surface area contributed by atoms with Crippen molar-refractivity contribution in [2.75, 3.05) is 25.9 Å². The van der Waals surface area contributed by atoms with Crippen molar-refractivity contribution in [3.8, 4) is 0 Å². The maximum atomic E-state index is 12.7. The normalized spacial score (nSPS) is 18.0. The van der Waals surface area contributed by atoms with E-state index >= 15 is 0 Å². The Labute approximate surface area is 154 Å². The van der Waals surface area contributed by atoms with E-state index in [4.69, 9.17) is 0 Å². The van der Waals surface area contributed by atoms with Crippen LogP contribution in [0.4, 0.5) is 0 Å². The molecule has 0 spiro atoms. The topological polar surface area (TPSA) is 84.3 Å². The maximum Gasteiger partial charge on any atom is 0.253 e. The SMILES string of the molecule is CS(=O)(=O)NC[C@H]1CCCN(C(=O)c2ccc(Cn3cccn3)cc2)C1. The number of piperidine rings is 1. The molecule has 1 amide bonds. The summed E-state index contributed by atoms with van der Waals surface area (Å²) in [4.78, 5) is 14.6. The summed E-state index contributed by atoms with van der Waals surface area (Å²) in [6, 6.07) is 9.46. The highest BCUT2D eigenvalue weighted by Crippen LogP contribution is 2.19. The Bertz CT molecular complexity index is 832. The Hall–Kier alpha value is -2.19. The fraction of sp³-hybridized carbons (Fsp3) is 0.444. The third-order valence-electron chi connectivity index (χ3n) is 4.55. The molecule has 2 heterocycles. The van der Waals surface area contributed by atoms with E-state index in [0.717, 1.165) is 24.7 Å². The molecule has 2 aromatic rings. The van der Waals surface area contributed by atoms with Gasteiger partial charge in [-0.15, -0.1) is 0 Å². The zero-order chi connectivity index (χ0) is 18.6. The van der Waals surface area contributed by atoms with Crippen LogP contribution in [0.5, 0.6) is 0 Å². The summed E-state index contributed by atoms with van der Waals surface area (Å²) in [6.45, 7) is 2.34. The molecule has 1 aromatic heterocycles. The summed E-state index contributed by atoms with van der Waals surface area (Å²) >= 11 is 0. The van der Waals surface area contributed by atoms with E-state index in [1.54, 1.807) is 6.20 Å². The summed E-state index contributed by atoms with van der Waals surface area (Å²) in [6.07, 6.45) is 6.61. The highest BCUT2D eigenvalue weighted by atomic mass is 32.2. The van der Waals surface area contributed by atoms with Gasteiger partial charge in [-0.1, -0.05) is 12.1 Å². The Balaban J connectivity index is 1.59. The van der Waals surface area contributed by atoms with Crippen LogP contribution < -0.4 is 4.72 Å². The summed E-state index contributed by atoms with van der Waals surface area (Å²) in [5.41, 5.74) is 1.74. The summed E-state index contributed by atoms with van der Waals surface area (Å²) in [7, 11) is -3.20. The van der Waals surface area contributed by atoms with Crippen molar-refractivity contribution in [1.29, 1.82) is 0 Å². The first kappa shape index (κ1) is 18.6. The molecule has 140 valence electrons. The molecule has 1 aliphatic rings. The number of rotatable bonds is 6. The van der Waals surface area contributed by atoms with E-state index in [-0.39, 0.29) is 11.8 Å². The largest absolute Gasteiger partial charge is 0.338 e. The molecular formula is C18H24N4O3S. The molecule has 1 fully saturated rings. The van der Waals surface area contributed by atoms with Crippen LogP contribution in [-0.4, -0.2) is 54.9 Å². The minimum atomic E-state index is -3.20. The first-order chi connectivity index (χ1) is 12.4. The molecular weight excluding hydrogens is 352 g/mol. The van der Waals surface area contributed by atoms with Crippen molar-refractivity contribution in [3.05, 3.63) is 53.9 Å². The monoisotopic (exact) mass is 376 g/mol. The van der Waals surface area contributed by atoms with Gasteiger partial charge in [-0.2, -0.15) is 5.10 Å². The van der Waals surface area contributed by atoms with Crippen molar-refractivity contribution >= 4 is 15.9 Å². The van der Waals surface area contributed by atoms with Gasteiger partial charge in [0.15, 0.2) is 0 Å². The highest BCUT2D eigenvalue weighted by Gasteiger charge is 2.25. The number of benzene rings is 1. The Kier molecular flexibility index (Phi) is 5.73. The molecule has 1 aromatic carbocycles. The van der Waals surface area contributed by atoms with Crippen LogP contribution in [0.2, 0.25) is 0 Å². The average molecular weight is 376 g/mol. The second-order valence-corrected chi connectivity index (χ2v) is 8.61. The summed E-state index contributed by atoms with van der Waals surface area (Å²) in [5.74, 6) is 0.154. The van der Waals surface area contributed by atoms with E-state index in [2.05, 4.69) is 9.82 Å². The molecule has 0 radical (unpaired) electrons. The van der Waals surface area contributed by atoms with E-state index in [1.807, 2.05) is 46.1 Å². The zero-order valence-corrected chi connectivity index (χ0v) is 15.7. The standard InChI is InChI=1S/C18H24N4O3S/c1-26(24,25)20-12-16-4-2-10-21(13-16)18(23)17-7-5-15(6-8-17)14-22-11-3-9-19-22/h3,5-9,11,16,20H,2,4,10,12-14H2,1H3/t16-/m1/s1. The number of carbonyl (C=O) groups is 1. The lowest BCUT2D eigenvalue weighted by atomic mass is 9.97. The van der Waals surface area contributed by atoms with E-state index in [0.29, 0.717) is 31.7 Å². The number of nitrogens with one attached hydrogen (secondary N) is 1. The number of sulfonamides is 1. The second-order valence-electron chi connectivity index (χ2n) is 6.78. The molecule has 0 unspecified atom stereocenters. The van der Waals surface area contributed by atoms with Gasteiger partial charge in [0.1, 0.15) is 0 Å². The third-order valence-corrected chi connectivity index (χ3v) is 5.24. The van der Waals surface area contributed by atoms with Gasteiger partial charge < -0.3 is 4.90 Å². The molecule has 8 heteroatoms. The van der Waals surface area contributed by atoms with E-state index in [1.165, 1.54) is 0 Å². The molecule has 1 N–H and O–H groups in total. The second kappa shape index (κ2) is 8.01. The number of hydrogen-bond acceptors (Lipinski definition) is 4. The van der Waals surface area contributed by atoms with Gasteiger partial charge in [0.05, 0.1) is 12.8 Å². The number of likely N-dealkylation sites (tertiary alicyclic amines) is 1. The molecule has 1 saturated heterocycles. The van der Waals surface area contributed by atoms with E-state index in [9.17, 15) is 13.2 Å². The minimum absolute atomic E-state index is 0.000283. The van der Waals surface area contributed by atoms with Crippen molar-refractivity contribution in [3.63, 3.8) is 0 Å². The first-order valence-corrected chi connectivity index (χ1v) is 10.6. The maximum absolute atomic E-state index is 12.7. The predicted octanol–water partition coefficient (Wildman–Crippen LogP) is 1.33. The smallest absolute Gasteiger partial charge is 0.253 e. The summed E-state index contributed by atoms with van der Waals surface area (Å²) < 4.78 is 26.9. The van der Waals surface area contributed by atoms with Crippen LogP contribution in [0.1, 0.15) is 28.8 Å². The molecule has 0 bridgehead atoms. The number of aromatic nitrogens is 2. The lowest BCUT2D eigenvalue weighted by molar-refractivity contribution is 0.0676. The first-order valence-electron chi connectivity index (χ1n) is 8.71. The number of amides is 1. The third kappa shape index (κ3) is 5.15. The lowest BCUT2D eigenvalue weighted by Gasteiger charge is -2.32. The van der Waals surface area contributed by atoms with Crippen molar-refractivity contribution < 1.29 is 13.2 Å². The van der Waals surface area contributed by atoms with Crippen LogP contribution >= 0.6 is 0 Å². The molecule has 1 aliphatic heterocycles. The van der Waals surface area contributed by atoms with Crippen LogP contribution in [0.3, 0.4) is 0 Å². The molecule has 1 atom stereocenters. The van der Waals surface area contributed by atoms with Gasteiger partial charge in [-0.05, 0) is 42.5 Å². The Morgan fingerprint density at radius 1 is 1.31 bits per heavy atom. The molecule has 3 rings (SSSR count). The van der Waals surface area contributed by atoms with Crippen LogP contribution in [0.15, 0.2) is 42.7 Å². The fourth-order valence-corrected chi connectivity index (χ4v) is 3.74. The molecule has 0 saturated carbocycles. The predicted molar refractivity (Wildman–Crippen MR) is 99.2 cm³/mol. The highest BCUT2D eigenvalue weighted by molar-refractivity contribution is 7.88. The number of hydrogen-bond donors (Lipinski definition) is 1. The zero-order valence-electron chi connectivity index (χ0n) is 14.8. The van der Waals surface area contributed by atoms with Gasteiger partial charge >= 0.3 is 0 Å². The van der Waals surface area contributed by atoms with Crippen molar-refractivity contribution in [2.45, 2.75) is 19.4 Å². The summed E-state index contributed by atoms with van der Waals surface area (Å²) in [5, 5.41) is 4.18. The van der Waals surface area contributed by atoms with Crippen molar-refractivity contribution in [2.24, 2.45) is 5.92 Å². The van der Waals surface area contributed by atoms with E-state index < -0.39 is 10.0 Å². The quantitative estimate of drug-likeness (QED) is 0.824. The Morgan fingerprint density at radius 3 is 2.73 bits per heavy atom. The lowest BCUT2D eigenvalue weighted by Crippen LogP contribution is -2.43. The fourth-order valence-electron chi connectivity index (χ4n) is 3.20. The minimum Gasteiger partial charge on any atom is -0.338 e. The Morgan fingerprint density at radius 2 is 2.08 bits per heavy atom. The van der Waals surface area contributed by atoms with Crippen molar-refractivity contribution in [1.82, 2.24) is 19.4 Å². The number of carbonyl (C=O) groups excluding carboxylic acids is 1. The van der Waals surface area contributed by atoms with Crippen LogP contribution in [0.25, 0.3) is 0 Å². The van der Waals surface area contributed by atoms with Gasteiger partial charge in [-0.25, -0.2) is 13.1 Å². The van der Waals surface area contributed by atoms with Crippen LogP contribution in [-0.2, 0) is 16.6 Å². The van der Waals surface area contributed by atoms with Gasteiger partial charge in [0, 0.05) is 37.6 Å². The van der Waals surface area contributed by atoms with Gasteiger partial charge in [0.2, 0.25) is 10.0 Å². The molecule has 26 heavy (non-hydrogen) atoms. The average Bonchev–Trinajstić information content (AvgIpc) is 3.13. The molecule has 0 aliphatic carbocycles. The van der Waals surface area contributed by atoms with Gasteiger partial charge in [-0.3, -0.25) is 9.48 Å². The van der Waals surface area contributed by atoms with Crippen LogP contribution in [0, 0.1) is 5.92 Å².